The highest BCUT2D eigenvalue weighted by atomic mass is 16.1. The Labute approximate surface area is 138 Å². The number of nitrogens with one attached hydrogen (secondary N) is 2. The smallest absolute Gasteiger partial charge is 0.251 e. The molecule has 0 unspecified atom stereocenters. The van der Waals surface area contributed by atoms with Gasteiger partial charge in [0.25, 0.3) is 5.91 Å². The summed E-state index contributed by atoms with van der Waals surface area (Å²) >= 11 is 0. The zero-order valence-electron chi connectivity index (χ0n) is 13.9. The van der Waals surface area contributed by atoms with Crippen molar-refractivity contribution >= 4 is 11.6 Å². The molecule has 0 aromatic heterocycles. The molecule has 5 nitrogen and oxygen atoms in total. The number of carbonyl (C=O) groups excluding carboxylic acids is 1. The van der Waals surface area contributed by atoms with Crippen LogP contribution < -0.4 is 11.1 Å². The minimum atomic E-state index is -0.0658. The van der Waals surface area contributed by atoms with E-state index in [1.165, 1.54) is 6.20 Å². The maximum absolute atomic E-state index is 12.4. The van der Waals surface area contributed by atoms with Gasteiger partial charge in [0, 0.05) is 30.3 Å². The lowest BCUT2D eigenvalue weighted by Crippen LogP contribution is -2.44. The maximum atomic E-state index is 12.4. The molecular formula is C18H26N4O. The zero-order valence-corrected chi connectivity index (χ0v) is 13.9. The minimum absolute atomic E-state index is 0.0658. The summed E-state index contributed by atoms with van der Waals surface area (Å²) in [5.74, 6) is -0.0658. The summed E-state index contributed by atoms with van der Waals surface area (Å²) in [5, 5.41) is 11.2. The molecule has 1 heterocycles. The number of benzene rings is 1. The van der Waals surface area contributed by atoms with Crippen molar-refractivity contribution in [2.24, 2.45) is 5.73 Å². The number of hydrogen-bond acceptors (Lipinski definition) is 4. The molecule has 1 aliphatic rings. The summed E-state index contributed by atoms with van der Waals surface area (Å²) in [6, 6.07) is 7.41. The second-order valence-corrected chi connectivity index (χ2v) is 5.99. The molecule has 2 rings (SSSR count). The Balaban J connectivity index is 2.01. The number of piperidine rings is 1. The number of likely N-dealkylation sites (tertiary alicyclic amines) is 1. The van der Waals surface area contributed by atoms with Gasteiger partial charge < -0.3 is 16.0 Å². The van der Waals surface area contributed by atoms with Crippen LogP contribution in [0.1, 0.15) is 42.6 Å². The molecule has 4 N–H and O–H groups in total. The van der Waals surface area contributed by atoms with Gasteiger partial charge in [-0.1, -0.05) is 19.1 Å². The van der Waals surface area contributed by atoms with Crippen molar-refractivity contribution in [3.63, 3.8) is 0 Å². The largest absolute Gasteiger partial charge is 0.404 e. The lowest BCUT2D eigenvalue weighted by Gasteiger charge is -2.31. The van der Waals surface area contributed by atoms with Crippen LogP contribution in [0.2, 0.25) is 0 Å². The molecule has 0 spiro atoms. The zero-order chi connectivity index (χ0) is 16.8. The fourth-order valence-corrected chi connectivity index (χ4v) is 2.79. The quantitative estimate of drug-likeness (QED) is 0.728. The fraction of sp³-hybridized carbons (Fsp3) is 0.444. The van der Waals surface area contributed by atoms with Crippen molar-refractivity contribution in [3.05, 3.63) is 47.2 Å². The fourth-order valence-electron chi connectivity index (χ4n) is 2.79. The van der Waals surface area contributed by atoms with E-state index >= 15 is 0 Å². The summed E-state index contributed by atoms with van der Waals surface area (Å²) < 4.78 is 0. The van der Waals surface area contributed by atoms with Crippen LogP contribution in [0, 0.1) is 5.41 Å². The van der Waals surface area contributed by atoms with Gasteiger partial charge in [0.1, 0.15) is 0 Å². The molecule has 124 valence electrons. The van der Waals surface area contributed by atoms with E-state index in [1.807, 2.05) is 12.1 Å². The highest BCUT2D eigenvalue weighted by Crippen LogP contribution is 2.13. The Morgan fingerprint density at radius 2 is 2.04 bits per heavy atom. The first-order chi connectivity index (χ1) is 11.0. The van der Waals surface area contributed by atoms with Gasteiger partial charge in [-0.05, 0) is 50.2 Å². The monoisotopic (exact) mass is 314 g/mol. The molecular weight excluding hydrogens is 288 g/mol. The molecule has 0 atom stereocenters. The van der Waals surface area contributed by atoms with E-state index in [0.717, 1.165) is 32.5 Å². The molecule has 0 aliphatic carbocycles. The van der Waals surface area contributed by atoms with Crippen LogP contribution in [0.25, 0.3) is 0 Å². The van der Waals surface area contributed by atoms with Crippen LogP contribution >= 0.6 is 0 Å². The van der Waals surface area contributed by atoms with Crippen molar-refractivity contribution < 1.29 is 4.79 Å². The number of nitrogens with two attached hydrogens (primary N) is 1. The number of hydrogen-bond donors (Lipinski definition) is 3. The van der Waals surface area contributed by atoms with Crippen LogP contribution in [0.4, 0.5) is 0 Å². The molecule has 23 heavy (non-hydrogen) atoms. The molecule has 1 aliphatic heterocycles. The van der Waals surface area contributed by atoms with Gasteiger partial charge in [0.05, 0.1) is 5.71 Å². The van der Waals surface area contributed by atoms with Crippen molar-refractivity contribution in [2.75, 3.05) is 19.6 Å². The molecule has 1 amide bonds. The van der Waals surface area contributed by atoms with Gasteiger partial charge in [0.2, 0.25) is 0 Å². The second-order valence-electron chi connectivity index (χ2n) is 5.99. The highest BCUT2D eigenvalue weighted by Gasteiger charge is 2.20. The van der Waals surface area contributed by atoms with E-state index < -0.39 is 0 Å². The van der Waals surface area contributed by atoms with E-state index in [4.69, 9.17) is 11.1 Å². The topological polar surface area (TPSA) is 82.2 Å². The molecule has 1 fully saturated rings. The van der Waals surface area contributed by atoms with Gasteiger partial charge in [0.15, 0.2) is 0 Å². The van der Waals surface area contributed by atoms with Crippen LogP contribution in [-0.2, 0) is 0 Å². The first-order valence-corrected chi connectivity index (χ1v) is 8.16. The van der Waals surface area contributed by atoms with Crippen molar-refractivity contribution in [1.82, 2.24) is 10.2 Å². The van der Waals surface area contributed by atoms with Crippen LogP contribution in [0.5, 0.6) is 0 Å². The maximum Gasteiger partial charge on any atom is 0.251 e. The first kappa shape index (κ1) is 17.2. The Kier molecular flexibility index (Phi) is 5.93. The molecule has 0 bridgehead atoms. The lowest BCUT2D eigenvalue weighted by molar-refractivity contribution is 0.0912. The summed E-state index contributed by atoms with van der Waals surface area (Å²) in [6.45, 7) is 7.09. The van der Waals surface area contributed by atoms with Crippen LogP contribution in [0.3, 0.4) is 0 Å². The van der Waals surface area contributed by atoms with Gasteiger partial charge in [-0.15, -0.1) is 0 Å². The van der Waals surface area contributed by atoms with E-state index in [0.29, 0.717) is 22.4 Å². The Morgan fingerprint density at radius 1 is 1.39 bits per heavy atom. The van der Waals surface area contributed by atoms with Crippen molar-refractivity contribution in [3.8, 4) is 0 Å². The number of nitrogens with zero attached hydrogens (tertiary/aromatic N) is 1. The van der Waals surface area contributed by atoms with E-state index in [9.17, 15) is 4.79 Å². The third-order valence-corrected chi connectivity index (χ3v) is 4.43. The molecule has 1 aromatic rings. The third kappa shape index (κ3) is 4.42. The molecule has 0 radical (unpaired) electrons. The Bertz CT molecular complexity index is 601. The third-order valence-electron chi connectivity index (χ3n) is 4.43. The molecule has 1 aromatic carbocycles. The number of carbonyl (C=O) groups is 1. The van der Waals surface area contributed by atoms with Gasteiger partial charge >= 0.3 is 0 Å². The predicted octanol–water partition coefficient (Wildman–Crippen LogP) is 2.13. The summed E-state index contributed by atoms with van der Waals surface area (Å²) in [6.07, 6.45) is 3.39. The number of rotatable bonds is 5. The predicted molar refractivity (Wildman–Crippen MR) is 93.8 cm³/mol. The first-order valence-electron chi connectivity index (χ1n) is 8.16. The van der Waals surface area contributed by atoms with E-state index in [2.05, 4.69) is 17.1 Å². The summed E-state index contributed by atoms with van der Waals surface area (Å²) in [7, 11) is 0. The summed E-state index contributed by atoms with van der Waals surface area (Å²) in [5.41, 5.74) is 7.80. The van der Waals surface area contributed by atoms with Gasteiger partial charge in [-0.25, -0.2) is 0 Å². The second kappa shape index (κ2) is 7.92. The normalized spacial score (nSPS) is 17.0. The minimum Gasteiger partial charge on any atom is -0.404 e. The average molecular weight is 314 g/mol. The molecule has 5 heteroatoms. The lowest BCUT2D eigenvalue weighted by atomic mass is 10.0. The summed E-state index contributed by atoms with van der Waals surface area (Å²) in [4.78, 5) is 14.8. The number of allylic oxidation sites excluding steroid dienone is 1. The van der Waals surface area contributed by atoms with Crippen molar-refractivity contribution in [1.29, 1.82) is 5.41 Å². The van der Waals surface area contributed by atoms with Crippen LogP contribution in [-0.4, -0.2) is 42.2 Å². The van der Waals surface area contributed by atoms with Crippen molar-refractivity contribution in [2.45, 2.75) is 32.7 Å². The van der Waals surface area contributed by atoms with Crippen LogP contribution in [0.15, 0.2) is 36.0 Å². The Hall–Kier alpha value is -2.14. The molecule has 1 saturated heterocycles. The van der Waals surface area contributed by atoms with Gasteiger partial charge in [-0.2, -0.15) is 0 Å². The average Bonchev–Trinajstić information content (AvgIpc) is 2.61. The van der Waals surface area contributed by atoms with E-state index in [-0.39, 0.29) is 11.9 Å². The number of amides is 1. The van der Waals surface area contributed by atoms with Gasteiger partial charge in [-0.3, -0.25) is 10.2 Å². The molecule has 0 saturated carbocycles. The highest BCUT2D eigenvalue weighted by molar-refractivity contribution is 6.11. The Morgan fingerprint density at radius 3 is 2.65 bits per heavy atom. The van der Waals surface area contributed by atoms with E-state index in [1.54, 1.807) is 19.1 Å². The standard InChI is InChI=1S/C18H26N4O/c1-3-22-9-7-16(8-10-22)21-18(23)15-6-4-5-14(11-15)17(20)13(2)12-19/h4-6,11-12,16,20H,3,7-10,19H2,1-2H3,(H,21,23)/b13-12+,20-17?. The SMILES string of the molecule is CCN1CCC(NC(=O)c2cccc(C(=N)/C(C)=C/N)c2)CC1.